The maximum Gasteiger partial charge on any atom is 0.258 e. The van der Waals surface area contributed by atoms with Crippen LogP contribution in [0.15, 0.2) is 36.0 Å². The number of carbonyl (C=O) groups is 1. The van der Waals surface area contributed by atoms with Gasteiger partial charge in [0.25, 0.3) is 5.91 Å². The Balaban J connectivity index is 2.23. The average molecular weight is 344 g/mol. The van der Waals surface area contributed by atoms with Crippen LogP contribution in [0, 0.1) is 2.88 Å². The van der Waals surface area contributed by atoms with Crippen molar-refractivity contribution in [3.63, 3.8) is 0 Å². The molecule has 0 fully saturated rings. The summed E-state index contributed by atoms with van der Waals surface area (Å²) < 4.78 is 1.11. The van der Waals surface area contributed by atoms with Crippen molar-refractivity contribution in [3.8, 4) is 0 Å². The van der Waals surface area contributed by atoms with E-state index in [1.807, 2.05) is 23.6 Å². The van der Waals surface area contributed by atoms with Crippen LogP contribution in [0.3, 0.4) is 0 Å². The molecule has 0 unspecified atom stereocenters. The Hall–Kier alpha value is -0.950. The van der Waals surface area contributed by atoms with Gasteiger partial charge in [-0.15, -0.1) is 11.3 Å². The highest BCUT2D eigenvalue weighted by Gasteiger charge is 2.14. The van der Waals surface area contributed by atoms with Crippen LogP contribution < -0.4 is 4.90 Å². The first-order valence-electron chi connectivity index (χ1n) is 4.60. The lowest BCUT2D eigenvalue weighted by Gasteiger charge is -2.15. The van der Waals surface area contributed by atoms with Gasteiger partial charge in [-0.1, -0.05) is 0 Å². The molecule has 5 heteroatoms. The van der Waals surface area contributed by atoms with Gasteiger partial charge in [-0.2, -0.15) is 0 Å². The molecule has 0 atom stereocenters. The summed E-state index contributed by atoms with van der Waals surface area (Å²) in [6, 6.07) is 5.52. The zero-order valence-corrected chi connectivity index (χ0v) is 11.5. The fourth-order valence-corrected chi connectivity index (χ4v) is 2.62. The van der Waals surface area contributed by atoms with Crippen molar-refractivity contribution >= 4 is 45.5 Å². The SMILES string of the molecule is CN(C(=O)c1csc(I)c1)c1ccncc1. The second-order valence-electron chi connectivity index (χ2n) is 3.21. The summed E-state index contributed by atoms with van der Waals surface area (Å²) in [6.45, 7) is 0. The molecule has 2 aromatic rings. The predicted molar refractivity (Wildman–Crippen MR) is 74.0 cm³/mol. The lowest BCUT2D eigenvalue weighted by Crippen LogP contribution is -2.25. The molecule has 1 amide bonds. The van der Waals surface area contributed by atoms with Crippen LogP contribution >= 0.6 is 33.9 Å². The van der Waals surface area contributed by atoms with Gasteiger partial charge in [0.2, 0.25) is 0 Å². The van der Waals surface area contributed by atoms with Gasteiger partial charge in [0.05, 0.1) is 8.45 Å². The summed E-state index contributed by atoms with van der Waals surface area (Å²) in [5.74, 6) is 0.00497. The normalized spacial score (nSPS) is 10.1. The van der Waals surface area contributed by atoms with Crippen molar-refractivity contribution in [2.45, 2.75) is 0 Å². The Morgan fingerprint density at radius 3 is 2.69 bits per heavy atom. The third-order valence-electron chi connectivity index (χ3n) is 2.17. The number of rotatable bonds is 2. The summed E-state index contributed by atoms with van der Waals surface area (Å²) >= 11 is 3.78. The highest BCUT2D eigenvalue weighted by Crippen LogP contribution is 2.20. The zero-order chi connectivity index (χ0) is 11.5. The van der Waals surface area contributed by atoms with E-state index in [4.69, 9.17) is 0 Å². The Morgan fingerprint density at radius 1 is 1.44 bits per heavy atom. The average Bonchev–Trinajstić information content (AvgIpc) is 2.75. The second kappa shape index (κ2) is 4.92. The molecule has 0 aliphatic carbocycles. The molecule has 0 saturated carbocycles. The number of nitrogens with zero attached hydrogens (tertiary/aromatic N) is 2. The molecule has 0 bridgehead atoms. The third-order valence-corrected chi connectivity index (χ3v) is 3.96. The van der Waals surface area contributed by atoms with Gasteiger partial charge < -0.3 is 4.90 Å². The fraction of sp³-hybridized carbons (Fsp3) is 0.0909. The summed E-state index contributed by atoms with van der Waals surface area (Å²) in [5.41, 5.74) is 1.58. The molecule has 0 N–H and O–H groups in total. The Labute approximate surface area is 111 Å². The summed E-state index contributed by atoms with van der Waals surface area (Å²) in [5, 5.41) is 1.88. The van der Waals surface area contributed by atoms with Crippen LogP contribution in [0.25, 0.3) is 0 Å². The number of halogens is 1. The molecule has 82 valence electrons. The first-order valence-corrected chi connectivity index (χ1v) is 6.56. The van der Waals surface area contributed by atoms with E-state index in [-0.39, 0.29) is 5.91 Å². The molecule has 3 nitrogen and oxygen atoms in total. The first-order chi connectivity index (χ1) is 7.68. The van der Waals surface area contributed by atoms with Crippen molar-refractivity contribution < 1.29 is 4.79 Å². The number of pyridine rings is 1. The molecule has 0 aromatic carbocycles. The van der Waals surface area contributed by atoms with Crippen LogP contribution in [-0.2, 0) is 0 Å². The number of anilines is 1. The number of carbonyl (C=O) groups excluding carboxylic acids is 1. The molecule has 2 aromatic heterocycles. The Kier molecular flexibility index (Phi) is 3.55. The Morgan fingerprint density at radius 2 is 2.12 bits per heavy atom. The van der Waals surface area contributed by atoms with Crippen LogP contribution in [0.5, 0.6) is 0 Å². The Bertz CT molecular complexity index is 498. The van der Waals surface area contributed by atoms with Gasteiger partial charge in [0.15, 0.2) is 0 Å². The van der Waals surface area contributed by atoms with E-state index in [1.165, 1.54) is 0 Å². The van der Waals surface area contributed by atoms with E-state index < -0.39 is 0 Å². The maximum atomic E-state index is 12.1. The predicted octanol–water partition coefficient (Wildman–Crippen LogP) is 3.02. The molecule has 0 saturated heterocycles. The van der Waals surface area contributed by atoms with E-state index in [0.717, 1.165) is 14.1 Å². The minimum atomic E-state index is 0.00497. The first kappa shape index (κ1) is 11.5. The van der Waals surface area contributed by atoms with Crippen molar-refractivity contribution in [3.05, 3.63) is 44.4 Å². The number of aromatic nitrogens is 1. The number of hydrogen-bond acceptors (Lipinski definition) is 3. The summed E-state index contributed by atoms with van der Waals surface area (Å²) in [4.78, 5) is 17.6. The fourth-order valence-electron chi connectivity index (χ4n) is 1.30. The molecule has 0 spiro atoms. The van der Waals surface area contributed by atoms with E-state index in [2.05, 4.69) is 27.6 Å². The lowest BCUT2D eigenvalue weighted by molar-refractivity contribution is 0.0993. The van der Waals surface area contributed by atoms with Crippen molar-refractivity contribution in [1.29, 1.82) is 0 Å². The van der Waals surface area contributed by atoms with Crippen LogP contribution in [0.1, 0.15) is 10.4 Å². The third kappa shape index (κ3) is 2.41. The molecule has 0 aliphatic heterocycles. The molecule has 2 heterocycles. The van der Waals surface area contributed by atoms with Crippen molar-refractivity contribution in [2.75, 3.05) is 11.9 Å². The van der Waals surface area contributed by atoms with Gasteiger partial charge in [-0.25, -0.2) is 0 Å². The van der Waals surface area contributed by atoms with Crippen LogP contribution in [0.4, 0.5) is 5.69 Å². The zero-order valence-electron chi connectivity index (χ0n) is 8.55. The van der Waals surface area contributed by atoms with Crippen molar-refractivity contribution in [1.82, 2.24) is 4.98 Å². The number of hydrogen-bond donors (Lipinski definition) is 0. The van der Waals surface area contributed by atoms with Gasteiger partial charge in [-0.05, 0) is 40.8 Å². The van der Waals surface area contributed by atoms with E-state index >= 15 is 0 Å². The van der Waals surface area contributed by atoms with Crippen molar-refractivity contribution in [2.24, 2.45) is 0 Å². The quantitative estimate of drug-likeness (QED) is 0.785. The number of amides is 1. The van der Waals surface area contributed by atoms with Crippen LogP contribution in [0.2, 0.25) is 0 Å². The highest BCUT2D eigenvalue weighted by molar-refractivity contribution is 14.1. The maximum absolute atomic E-state index is 12.1. The van der Waals surface area contributed by atoms with Gasteiger partial charge in [0.1, 0.15) is 0 Å². The highest BCUT2D eigenvalue weighted by atomic mass is 127. The smallest absolute Gasteiger partial charge is 0.258 e. The van der Waals surface area contributed by atoms with E-state index in [1.54, 1.807) is 35.7 Å². The van der Waals surface area contributed by atoms with Crippen LogP contribution in [-0.4, -0.2) is 17.9 Å². The largest absolute Gasteiger partial charge is 0.311 e. The number of thiophene rings is 1. The molecule has 0 aliphatic rings. The van der Waals surface area contributed by atoms with Gasteiger partial charge in [0, 0.05) is 30.5 Å². The topological polar surface area (TPSA) is 33.2 Å². The van der Waals surface area contributed by atoms with E-state index in [9.17, 15) is 4.79 Å². The lowest BCUT2D eigenvalue weighted by atomic mass is 10.3. The van der Waals surface area contributed by atoms with Gasteiger partial charge >= 0.3 is 0 Å². The molecular formula is C11H9IN2OS. The second-order valence-corrected chi connectivity index (χ2v) is 6.01. The summed E-state index contributed by atoms with van der Waals surface area (Å²) in [6.07, 6.45) is 3.35. The monoisotopic (exact) mass is 344 g/mol. The van der Waals surface area contributed by atoms with Gasteiger partial charge in [-0.3, -0.25) is 9.78 Å². The molecule has 0 radical (unpaired) electrons. The molecular weight excluding hydrogens is 335 g/mol. The minimum absolute atomic E-state index is 0.00497. The minimum Gasteiger partial charge on any atom is -0.311 e. The standard InChI is InChI=1S/C11H9IN2OS/c1-14(9-2-4-13-5-3-9)11(15)8-6-10(12)16-7-8/h2-7H,1H3. The molecule has 16 heavy (non-hydrogen) atoms. The molecule has 2 rings (SSSR count). The van der Waals surface area contributed by atoms with E-state index in [0.29, 0.717) is 0 Å². The summed E-state index contributed by atoms with van der Waals surface area (Å²) in [7, 11) is 1.77.